The molecule has 0 radical (unpaired) electrons. The van der Waals surface area contributed by atoms with E-state index in [1.165, 1.54) is 31.2 Å². The summed E-state index contributed by atoms with van der Waals surface area (Å²) in [7, 11) is 0. The topological polar surface area (TPSA) is 12.0 Å². The fraction of sp³-hybridized carbons (Fsp3) is 0.529. The zero-order valence-corrected chi connectivity index (χ0v) is 11.7. The van der Waals surface area contributed by atoms with Gasteiger partial charge >= 0.3 is 0 Å². The fourth-order valence-corrected chi connectivity index (χ4v) is 2.21. The largest absolute Gasteiger partial charge is 0.307 e. The average Bonchev–Trinajstić information content (AvgIpc) is 2.39. The van der Waals surface area contributed by atoms with Crippen LogP contribution >= 0.6 is 0 Å². The molecule has 0 saturated heterocycles. The molecule has 1 aromatic carbocycles. The Morgan fingerprint density at radius 2 is 1.94 bits per heavy atom. The van der Waals surface area contributed by atoms with Crippen LogP contribution in [0.2, 0.25) is 0 Å². The molecule has 1 rings (SSSR count). The van der Waals surface area contributed by atoms with Crippen LogP contribution < -0.4 is 5.32 Å². The average molecular weight is 243 g/mol. The van der Waals surface area contributed by atoms with Gasteiger partial charge in [-0.05, 0) is 18.9 Å². The van der Waals surface area contributed by atoms with Crippen LogP contribution in [0.5, 0.6) is 0 Å². The first-order valence-corrected chi connectivity index (χ1v) is 7.02. The SMILES string of the molecule is C#CCC(C)NC(CCCCC)c1ccccc1. The molecule has 1 aromatic rings. The molecule has 0 heterocycles. The summed E-state index contributed by atoms with van der Waals surface area (Å²) in [5.41, 5.74) is 1.37. The fourth-order valence-electron chi connectivity index (χ4n) is 2.21. The Hall–Kier alpha value is -1.26. The normalized spacial score (nSPS) is 13.8. The van der Waals surface area contributed by atoms with Gasteiger partial charge in [-0.2, -0.15) is 0 Å². The number of unbranched alkanes of at least 4 members (excludes halogenated alkanes) is 2. The van der Waals surface area contributed by atoms with Crippen molar-refractivity contribution >= 4 is 0 Å². The Morgan fingerprint density at radius 3 is 2.56 bits per heavy atom. The maximum Gasteiger partial charge on any atom is 0.0322 e. The van der Waals surface area contributed by atoms with Gasteiger partial charge in [0.05, 0.1) is 0 Å². The number of hydrogen-bond donors (Lipinski definition) is 1. The number of nitrogens with one attached hydrogen (secondary N) is 1. The summed E-state index contributed by atoms with van der Waals surface area (Å²) in [5, 5.41) is 3.65. The minimum atomic E-state index is 0.377. The molecular formula is C17H25N. The summed E-state index contributed by atoms with van der Waals surface area (Å²) in [6.45, 7) is 4.40. The zero-order chi connectivity index (χ0) is 13.2. The van der Waals surface area contributed by atoms with Gasteiger partial charge in [0.15, 0.2) is 0 Å². The molecule has 1 N–H and O–H groups in total. The molecule has 0 amide bonds. The zero-order valence-electron chi connectivity index (χ0n) is 11.7. The quantitative estimate of drug-likeness (QED) is 0.530. The highest BCUT2D eigenvalue weighted by Crippen LogP contribution is 2.20. The molecule has 18 heavy (non-hydrogen) atoms. The summed E-state index contributed by atoms with van der Waals surface area (Å²) in [5.74, 6) is 2.73. The van der Waals surface area contributed by atoms with Gasteiger partial charge in [0.1, 0.15) is 0 Å². The Bertz CT molecular complexity index is 350. The third-order valence-corrected chi connectivity index (χ3v) is 3.21. The van der Waals surface area contributed by atoms with Crippen molar-refractivity contribution < 1.29 is 0 Å². The highest BCUT2D eigenvalue weighted by Gasteiger charge is 2.13. The van der Waals surface area contributed by atoms with E-state index in [0.29, 0.717) is 12.1 Å². The van der Waals surface area contributed by atoms with Crippen LogP contribution in [0.15, 0.2) is 30.3 Å². The first kappa shape index (κ1) is 14.8. The summed E-state index contributed by atoms with van der Waals surface area (Å²) < 4.78 is 0. The molecule has 0 fully saturated rings. The monoisotopic (exact) mass is 243 g/mol. The maximum absolute atomic E-state index is 5.38. The van der Waals surface area contributed by atoms with Crippen LogP contribution in [-0.2, 0) is 0 Å². The van der Waals surface area contributed by atoms with E-state index in [9.17, 15) is 0 Å². The van der Waals surface area contributed by atoms with Crippen molar-refractivity contribution in [3.63, 3.8) is 0 Å². The summed E-state index contributed by atoms with van der Waals surface area (Å²) >= 11 is 0. The van der Waals surface area contributed by atoms with Crippen LogP contribution in [0.4, 0.5) is 0 Å². The van der Waals surface area contributed by atoms with Crippen LogP contribution in [0.1, 0.15) is 57.6 Å². The van der Waals surface area contributed by atoms with Crippen LogP contribution in [0.3, 0.4) is 0 Å². The van der Waals surface area contributed by atoms with Crippen molar-refractivity contribution in [2.24, 2.45) is 0 Å². The summed E-state index contributed by atoms with van der Waals surface area (Å²) in [4.78, 5) is 0. The van der Waals surface area contributed by atoms with Crippen molar-refractivity contribution in [2.75, 3.05) is 0 Å². The van der Waals surface area contributed by atoms with E-state index < -0.39 is 0 Å². The predicted molar refractivity (Wildman–Crippen MR) is 79.4 cm³/mol. The molecular weight excluding hydrogens is 218 g/mol. The van der Waals surface area contributed by atoms with Gasteiger partial charge in [0, 0.05) is 18.5 Å². The first-order valence-electron chi connectivity index (χ1n) is 7.02. The van der Waals surface area contributed by atoms with Crippen molar-refractivity contribution in [1.29, 1.82) is 0 Å². The number of benzene rings is 1. The van der Waals surface area contributed by atoms with Crippen molar-refractivity contribution in [2.45, 2.75) is 58.0 Å². The number of hydrogen-bond acceptors (Lipinski definition) is 1. The van der Waals surface area contributed by atoms with Crippen molar-refractivity contribution in [3.05, 3.63) is 35.9 Å². The Labute approximate surface area is 112 Å². The Balaban J connectivity index is 2.60. The van der Waals surface area contributed by atoms with Crippen molar-refractivity contribution in [3.8, 4) is 12.3 Å². The van der Waals surface area contributed by atoms with Gasteiger partial charge < -0.3 is 5.32 Å². The van der Waals surface area contributed by atoms with Crippen LogP contribution in [-0.4, -0.2) is 6.04 Å². The number of terminal acetylenes is 1. The highest BCUT2D eigenvalue weighted by molar-refractivity contribution is 5.19. The molecule has 1 nitrogen and oxygen atoms in total. The van der Waals surface area contributed by atoms with Crippen LogP contribution in [0, 0.1) is 12.3 Å². The molecule has 0 aliphatic rings. The third-order valence-electron chi connectivity index (χ3n) is 3.21. The highest BCUT2D eigenvalue weighted by atomic mass is 14.9. The summed E-state index contributed by atoms with van der Waals surface area (Å²) in [6, 6.07) is 11.5. The van der Waals surface area contributed by atoms with Gasteiger partial charge in [-0.25, -0.2) is 0 Å². The molecule has 98 valence electrons. The lowest BCUT2D eigenvalue weighted by Gasteiger charge is -2.23. The minimum Gasteiger partial charge on any atom is -0.307 e. The molecule has 1 heteroatoms. The van der Waals surface area contributed by atoms with Gasteiger partial charge in [0.25, 0.3) is 0 Å². The second-order valence-electron chi connectivity index (χ2n) is 4.94. The second-order valence-corrected chi connectivity index (χ2v) is 4.94. The van der Waals surface area contributed by atoms with E-state index in [-0.39, 0.29) is 0 Å². The molecule has 2 unspecified atom stereocenters. The van der Waals surface area contributed by atoms with Gasteiger partial charge in [0.2, 0.25) is 0 Å². The van der Waals surface area contributed by atoms with E-state index in [2.05, 4.69) is 55.4 Å². The Kier molecular flexibility index (Phi) is 7.22. The molecule has 0 spiro atoms. The van der Waals surface area contributed by atoms with Gasteiger partial charge in [-0.15, -0.1) is 12.3 Å². The smallest absolute Gasteiger partial charge is 0.0322 e. The van der Waals surface area contributed by atoms with Crippen molar-refractivity contribution in [1.82, 2.24) is 5.32 Å². The van der Waals surface area contributed by atoms with Crippen LogP contribution in [0.25, 0.3) is 0 Å². The number of rotatable bonds is 8. The summed E-state index contributed by atoms with van der Waals surface area (Å²) in [6.07, 6.45) is 11.2. The van der Waals surface area contributed by atoms with E-state index in [4.69, 9.17) is 6.42 Å². The van der Waals surface area contributed by atoms with E-state index in [1.54, 1.807) is 0 Å². The second kappa shape index (κ2) is 8.78. The lowest BCUT2D eigenvalue weighted by atomic mass is 9.99. The first-order chi connectivity index (χ1) is 8.77. The molecule has 0 aliphatic carbocycles. The van der Waals surface area contributed by atoms with Gasteiger partial charge in [-0.1, -0.05) is 56.5 Å². The predicted octanol–water partition coefficient (Wildman–Crippen LogP) is 4.31. The van der Waals surface area contributed by atoms with E-state index in [0.717, 1.165) is 6.42 Å². The van der Waals surface area contributed by atoms with E-state index >= 15 is 0 Å². The Morgan fingerprint density at radius 1 is 1.22 bits per heavy atom. The maximum atomic E-state index is 5.38. The lowest BCUT2D eigenvalue weighted by molar-refractivity contribution is 0.423. The standard InChI is InChI=1S/C17H25N/c1-4-6-8-14-17(18-15(3)11-5-2)16-12-9-7-10-13-16/h2,7,9-10,12-13,15,17-18H,4,6,8,11,14H2,1,3H3. The molecule has 0 aliphatic heterocycles. The van der Waals surface area contributed by atoms with Gasteiger partial charge in [-0.3, -0.25) is 0 Å². The molecule has 0 aromatic heterocycles. The molecule has 0 bridgehead atoms. The minimum absolute atomic E-state index is 0.377. The molecule has 0 saturated carbocycles. The molecule has 2 atom stereocenters. The van der Waals surface area contributed by atoms with E-state index in [1.807, 2.05) is 0 Å². The third kappa shape index (κ3) is 5.38. The lowest BCUT2D eigenvalue weighted by Crippen LogP contribution is -2.30.